The van der Waals surface area contributed by atoms with Crippen molar-refractivity contribution < 1.29 is 4.74 Å². The molecular formula is C17H29NOS. The number of methoxy groups -OCH3 is 1. The van der Waals surface area contributed by atoms with Gasteiger partial charge in [0, 0.05) is 17.4 Å². The van der Waals surface area contributed by atoms with E-state index in [0.29, 0.717) is 6.04 Å². The molecule has 0 spiro atoms. The number of benzene rings is 1. The first kappa shape index (κ1) is 17.4. The van der Waals surface area contributed by atoms with Crippen molar-refractivity contribution >= 4 is 11.8 Å². The summed E-state index contributed by atoms with van der Waals surface area (Å²) in [6.07, 6.45) is 1.26. The Morgan fingerprint density at radius 1 is 1.25 bits per heavy atom. The summed E-state index contributed by atoms with van der Waals surface area (Å²) in [5.41, 5.74) is 2.57. The predicted molar refractivity (Wildman–Crippen MR) is 90.9 cm³/mol. The Labute approximate surface area is 128 Å². The fraction of sp³-hybridized carbons (Fsp3) is 0.647. The van der Waals surface area contributed by atoms with Crippen molar-refractivity contribution in [3.8, 4) is 5.75 Å². The minimum Gasteiger partial charge on any atom is -0.496 e. The highest BCUT2D eigenvalue weighted by atomic mass is 32.2. The molecular weight excluding hydrogens is 266 g/mol. The summed E-state index contributed by atoms with van der Waals surface area (Å²) in [7, 11) is 1.75. The van der Waals surface area contributed by atoms with E-state index in [9.17, 15) is 0 Å². The van der Waals surface area contributed by atoms with Gasteiger partial charge < -0.3 is 10.1 Å². The van der Waals surface area contributed by atoms with Gasteiger partial charge in [-0.15, -0.1) is 0 Å². The Morgan fingerprint density at radius 2 is 2.00 bits per heavy atom. The van der Waals surface area contributed by atoms with Gasteiger partial charge in [0.1, 0.15) is 5.75 Å². The van der Waals surface area contributed by atoms with Gasteiger partial charge in [-0.1, -0.05) is 44.9 Å². The summed E-state index contributed by atoms with van der Waals surface area (Å²) in [4.78, 5) is 0. The fourth-order valence-corrected chi connectivity index (χ4v) is 3.44. The standard InChI is InChI=1S/C17H29NOS/c1-6-13(3)11-20-12-16(18-7-2)15-10-14(4)8-9-17(15)19-5/h8-10,13,16,18H,6-7,11-12H2,1-5H3. The number of ether oxygens (including phenoxy) is 1. The van der Waals surface area contributed by atoms with Gasteiger partial charge in [-0.2, -0.15) is 11.8 Å². The molecule has 1 aromatic carbocycles. The Morgan fingerprint density at radius 3 is 2.60 bits per heavy atom. The van der Waals surface area contributed by atoms with E-state index in [4.69, 9.17) is 4.74 Å². The second-order valence-corrected chi connectivity index (χ2v) is 6.48. The third-order valence-corrected chi connectivity index (χ3v) is 4.97. The van der Waals surface area contributed by atoms with E-state index in [1.807, 2.05) is 11.8 Å². The Kier molecular flexibility index (Phi) is 8.08. The average molecular weight is 295 g/mol. The highest BCUT2D eigenvalue weighted by Crippen LogP contribution is 2.29. The van der Waals surface area contributed by atoms with Gasteiger partial charge in [-0.25, -0.2) is 0 Å². The van der Waals surface area contributed by atoms with Crippen LogP contribution in [0, 0.1) is 12.8 Å². The van der Waals surface area contributed by atoms with E-state index in [1.54, 1.807) is 7.11 Å². The molecule has 0 aliphatic rings. The van der Waals surface area contributed by atoms with Crippen LogP contribution >= 0.6 is 11.8 Å². The predicted octanol–water partition coefficient (Wildman–Crippen LogP) is 4.43. The van der Waals surface area contributed by atoms with Crippen LogP contribution < -0.4 is 10.1 Å². The number of hydrogen-bond donors (Lipinski definition) is 1. The van der Waals surface area contributed by atoms with Crippen LogP contribution in [0.3, 0.4) is 0 Å². The first-order valence-corrected chi connectivity index (χ1v) is 8.73. The van der Waals surface area contributed by atoms with Crippen LogP contribution in [-0.4, -0.2) is 25.2 Å². The number of nitrogens with one attached hydrogen (secondary N) is 1. The molecule has 0 heterocycles. The van der Waals surface area contributed by atoms with E-state index in [2.05, 4.69) is 51.2 Å². The first-order valence-electron chi connectivity index (χ1n) is 7.57. The maximum Gasteiger partial charge on any atom is 0.123 e. The summed E-state index contributed by atoms with van der Waals surface area (Å²) in [5, 5.41) is 3.59. The van der Waals surface area contributed by atoms with Crippen molar-refractivity contribution in [2.45, 2.75) is 40.2 Å². The lowest BCUT2D eigenvalue weighted by atomic mass is 10.0. The molecule has 0 aliphatic heterocycles. The normalized spacial score (nSPS) is 14.1. The van der Waals surface area contributed by atoms with Crippen LogP contribution in [0.4, 0.5) is 0 Å². The van der Waals surface area contributed by atoms with Crippen LogP contribution in [0.15, 0.2) is 18.2 Å². The smallest absolute Gasteiger partial charge is 0.123 e. The number of thioether (sulfide) groups is 1. The Bertz CT molecular complexity index is 395. The molecule has 20 heavy (non-hydrogen) atoms. The van der Waals surface area contributed by atoms with Crippen molar-refractivity contribution in [2.24, 2.45) is 5.92 Å². The van der Waals surface area contributed by atoms with Crippen LogP contribution in [0.5, 0.6) is 5.75 Å². The van der Waals surface area contributed by atoms with Crippen LogP contribution in [-0.2, 0) is 0 Å². The topological polar surface area (TPSA) is 21.3 Å². The SMILES string of the molecule is CCNC(CSCC(C)CC)c1cc(C)ccc1OC. The Hall–Kier alpha value is -0.670. The van der Waals surface area contributed by atoms with E-state index >= 15 is 0 Å². The Balaban J connectivity index is 2.76. The van der Waals surface area contributed by atoms with Gasteiger partial charge in [-0.05, 0) is 31.2 Å². The third kappa shape index (κ3) is 5.37. The largest absolute Gasteiger partial charge is 0.496 e. The van der Waals surface area contributed by atoms with Crippen molar-refractivity contribution in [1.29, 1.82) is 0 Å². The van der Waals surface area contributed by atoms with Crippen LogP contribution in [0.1, 0.15) is 44.4 Å². The second-order valence-electron chi connectivity index (χ2n) is 5.41. The minimum absolute atomic E-state index is 0.365. The molecule has 1 aromatic rings. The second kappa shape index (κ2) is 9.30. The maximum absolute atomic E-state index is 5.53. The summed E-state index contributed by atoms with van der Waals surface area (Å²) in [6, 6.07) is 6.80. The average Bonchev–Trinajstić information content (AvgIpc) is 2.46. The summed E-state index contributed by atoms with van der Waals surface area (Å²) in [5.74, 6) is 4.11. The molecule has 0 fully saturated rings. The molecule has 0 amide bonds. The van der Waals surface area contributed by atoms with Gasteiger partial charge in [0.2, 0.25) is 0 Å². The van der Waals surface area contributed by atoms with Gasteiger partial charge in [0.05, 0.1) is 7.11 Å². The first-order chi connectivity index (χ1) is 9.62. The fourth-order valence-electron chi connectivity index (χ4n) is 2.14. The lowest BCUT2D eigenvalue weighted by Crippen LogP contribution is -2.24. The number of aryl methyl sites for hydroxylation is 1. The molecule has 3 heteroatoms. The van der Waals surface area contributed by atoms with Crippen molar-refractivity contribution in [3.05, 3.63) is 29.3 Å². The molecule has 0 saturated carbocycles. The van der Waals surface area contributed by atoms with E-state index in [0.717, 1.165) is 24.0 Å². The van der Waals surface area contributed by atoms with Gasteiger partial charge in [0.25, 0.3) is 0 Å². The lowest BCUT2D eigenvalue weighted by Gasteiger charge is -2.21. The van der Waals surface area contributed by atoms with Gasteiger partial charge in [0.15, 0.2) is 0 Å². The summed E-state index contributed by atoms with van der Waals surface area (Å²) in [6.45, 7) is 9.86. The zero-order valence-corrected chi connectivity index (χ0v) is 14.3. The highest BCUT2D eigenvalue weighted by molar-refractivity contribution is 7.99. The molecule has 2 atom stereocenters. The molecule has 114 valence electrons. The third-order valence-electron chi connectivity index (χ3n) is 3.59. The van der Waals surface area contributed by atoms with Crippen LogP contribution in [0.2, 0.25) is 0 Å². The zero-order valence-electron chi connectivity index (χ0n) is 13.5. The number of hydrogen-bond acceptors (Lipinski definition) is 3. The van der Waals surface area contributed by atoms with E-state index < -0.39 is 0 Å². The number of rotatable bonds is 9. The van der Waals surface area contributed by atoms with E-state index in [-0.39, 0.29) is 0 Å². The summed E-state index contributed by atoms with van der Waals surface area (Å²) >= 11 is 2.04. The van der Waals surface area contributed by atoms with Gasteiger partial charge in [-0.3, -0.25) is 0 Å². The molecule has 1 rings (SSSR count). The van der Waals surface area contributed by atoms with E-state index in [1.165, 1.54) is 23.3 Å². The molecule has 0 aliphatic carbocycles. The van der Waals surface area contributed by atoms with Crippen molar-refractivity contribution in [1.82, 2.24) is 5.32 Å². The molecule has 0 saturated heterocycles. The molecule has 0 aromatic heterocycles. The minimum atomic E-state index is 0.365. The molecule has 1 N–H and O–H groups in total. The maximum atomic E-state index is 5.53. The highest BCUT2D eigenvalue weighted by Gasteiger charge is 2.16. The van der Waals surface area contributed by atoms with Crippen LogP contribution in [0.25, 0.3) is 0 Å². The molecule has 0 bridgehead atoms. The molecule has 2 nitrogen and oxygen atoms in total. The van der Waals surface area contributed by atoms with Gasteiger partial charge >= 0.3 is 0 Å². The van der Waals surface area contributed by atoms with Crippen molar-refractivity contribution in [2.75, 3.05) is 25.2 Å². The quantitative estimate of drug-likeness (QED) is 0.728. The zero-order chi connectivity index (χ0) is 15.0. The molecule has 2 unspecified atom stereocenters. The summed E-state index contributed by atoms with van der Waals surface area (Å²) < 4.78 is 5.53. The molecule has 0 radical (unpaired) electrons. The van der Waals surface area contributed by atoms with Crippen molar-refractivity contribution in [3.63, 3.8) is 0 Å². The monoisotopic (exact) mass is 295 g/mol. The lowest BCUT2D eigenvalue weighted by molar-refractivity contribution is 0.403.